The van der Waals surface area contributed by atoms with Crippen LogP contribution in [0.2, 0.25) is 0 Å². The van der Waals surface area contributed by atoms with Crippen LogP contribution in [-0.2, 0) is 15.6 Å². The Morgan fingerprint density at radius 3 is 2.56 bits per heavy atom. The molecule has 2 aromatic carbocycles. The van der Waals surface area contributed by atoms with Crippen LogP contribution in [0, 0.1) is 13.8 Å². The molecule has 0 aromatic heterocycles. The summed E-state index contributed by atoms with van der Waals surface area (Å²) in [6.45, 7) is 4.17. The molecule has 2 aliphatic rings. The third-order valence-corrected chi connectivity index (χ3v) is 8.42. The molecule has 0 radical (unpaired) electrons. The summed E-state index contributed by atoms with van der Waals surface area (Å²) in [5, 5.41) is 0.922. The average Bonchev–Trinajstić information content (AvgIpc) is 3.08. The van der Waals surface area contributed by atoms with E-state index >= 15 is 0 Å². The minimum atomic E-state index is -3.02. The summed E-state index contributed by atoms with van der Waals surface area (Å²) in [6.07, 6.45) is 0. The van der Waals surface area contributed by atoms with Gasteiger partial charge in [-0.1, -0.05) is 45.9 Å². The molecule has 27 heavy (non-hydrogen) atoms. The van der Waals surface area contributed by atoms with Gasteiger partial charge < -0.3 is 4.90 Å². The molecule has 2 atom stereocenters. The molecule has 7 heteroatoms. The lowest BCUT2D eigenvalue weighted by Crippen LogP contribution is -2.39. The molecule has 4 nitrogen and oxygen atoms in total. The second-order valence-electron chi connectivity index (χ2n) is 7.18. The molecule has 2 aliphatic heterocycles. The average molecular weight is 465 g/mol. The van der Waals surface area contributed by atoms with E-state index in [9.17, 15) is 8.42 Å². The molecule has 4 rings (SSSR count). The number of halogens is 1. The van der Waals surface area contributed by atoms with Crippen LogP contribution >= 0.6 is 27.7 Å². The third kappa shape index (κ3) is 3.96. The van der Waals surface area contributed by atoms with Crippen molar-refractivity contribution < 1.29 is 8.42 Å². The van der Waals surface area contributed by atoms with Gasteiger partial charge in [0.25, 0.3) is 0 Å². The van der Waals surface area contributed by atoms with Crippen molar-refractivity contribution in [2.45, 2.75) is 31.7 Å². The monoisotopic (exact) mass is 464 g/mol. The summed E-state index contributed by atoms with van der Waals surface area (Å²) < 4.78 is 25.4. The summed E-state index contributed by atoms with van der Waals surface area (Å²) in [4.78, 5) is 6.95. The van der Waals surface area contributed by atoms with Gasteiger partial charge in [0.1, 0.15) is 0 Å². The lowest BCUT2D eigenvalue weighted by atomic mass is 10.1. The van der Waals surface area contributed by atoms with Crippen LogP contribution in [0.15, 0.2) is 51.9 Å². The number of sulfone groups is 1. The molecular formula is C20H21BrN2O2S2. The molecule has 0 aliphatic carbocycles. The van der Waals surface area contributed by atoms with Gasteiger partial charge in [0, 0.05) is 15.9 Å². The highest BCUT2D eigenvalue weighted by atomic mass is 79.9. The Morgan fingerprint density at radius 1 is 1.11 bits per heavy atom. The number of fused-ring (bicyclic) bond motifs is 1. The number of benzene rings is 2. The number of rotatable bonds is 3. The van der Waals surface area contributed by atoms with Gasteiger partial charge in [-0.2, -0.15) is 0 Å². The normalized spacial score (nSPS) is 23.4. The molecule has 0 spiro atoms. The summed E-state index contributed by atoms with van der Waals surface area (Å²) >= 11 is 5.14. The Balaban J connectivity index is 1.63. The fraction of sp³-hybridized carbons (Fsp3) is 0.350. The molecule has 0 N–H and O–H groups in total. The maximum Gasteiger partial charge on any atom is 0.164 e. The van der Waals surface area contributed by atoms with Crippen molar-refractivity contribution in [3.8, 4) is 0 Å². The number of nitrogens with zero attached hydrogens (tertiary/aromatic N) is 2. The van der Waals surface area contributed by atoms with E-state index in [-0.39, 0.29) is 23.6 Å². The molecule has 2 aromatic rings. The molecule has 1 fully saturated rings. The van der Waals surface area contributed by atoms with E-state index in [0.717, 1.165) is 21.1 Å². The van der Waals surface area contributed by atoms with Crippen molar-refractivity contribution in [3.63, 3.8) is 0 Å². The van der Waals surface area contributed by atoms with Crippen LogP contribution in [0.1, 0.15) is 16.7 Å². The van der Waals surface area contributed by atoms with E-state index in [4.69, 9.17) is 4.99 Å². The largest absolute Gasteiger partial charge is 0.315 e. The standard InChI is InChI=1S/C20H21BrN2O2S2/c1-13-3-8-17(9-14(13)2)23-19-12-27(24,25)11-18(19)22-20(23)26-10-15-4-6-16(21)7-5-15/h3-9,18-19H,10-12H2,1-2H3/t18-,19+/m1/s1. The van der Waals surface area contributed by atoms with Gasteiger partial charge >= 0.3 is 0 Å². The maximum atomic E-state index is 12.2. The van der Waals surface area contributed by atoms with Crippen LogP contribution in [0.4, 0.5) is 5.69 Å². The maximum absolute atomic E-state index is 12.2. The molecule has 0 amide bonds. The zero-order valence-electron chi connectivity index (χ0n) is 15.2. The zero-order valence-corrected chi connectivity index (χ0v) is 18.4. The predicted octanol–water partition coefficient (Wildman–Crippen LogP) is 4.34. The summed E-state index contributed by atoms with van der Waals surface area (Å²) in [6, 6.07) is 14.3. The first-order valence-electron chi connectivity index (χ1n) is 8.84. The van der Waals surface area contributed by atoms with Gasteiger partial charge in [-0.3, -0.25) is 4.99 Å². The molecule has 0 saturated carbocycles. The van der Waals surface area contributed by atoms with Crippen LogP contribution in [0.5, 0.6) is 0 Å². The fourth-order valence-electron chi connectivity index (χ4n) is 3.54. The van der Waals surface area contributed by atoms with Gasteiger partial charge in [-0.05, 0) is 54.8 Å². The molecular weight excluding hydrogens is 444 g/mol. The van der Waals surface area contributed by atoms with Gasteiger partial charge in [-0.15, -0.1) is 0 Å². The van der Waals surface area contributed by atoms with Crippen molar-refractivity contribution >= 4 is 48.4 Å². The summed E-state index contributed by atoms with van der Waals surface area (Å²) in [5.74, 6) is 1.14. The van der Waals surface area contributed by atoms with Crippen LogP contribution in [-0.4, -0.2) is 37.2 Å². The van der Waals surface area contributed by atoms with Crippen molar-refractivity contribution in [2.75, 3.05) is 16.4 Å². The van der Waals surface area contributed by atoms with E-state index in [2.05, 4.69) is 65.0 Å². The Hall–Kier alpha value is -1.31. The fourth-order valence-corrected chi connectivity index (χ4v) is 6.73. The van der Waals surface area contributed by atoms with E-state index < -0.39 is 9.84 Å². The number of hydrogen-bond acceptors (Lipinski definition) is 5. The minimum Gasteiger partial charge on any atom is -0.315 e. The number of anilines is 1. The second-order valence-corrected chi connectivity index (χ2v) is 11.2. The molecule has 142 valence electrons. The summed E-state index contributed by atoms with van der Waals surface area (Å²) in [7, 11) is -3.02. The van der Waals surface area contributed by atoms with Crippen molar-refractivity contribution in [1.29, 1.82) is 0 Å². The first-order chi connectivity index (χ1) is 12.8. The number of aryl methyl sites for hydroxylation is 2. The van der Waals surface area contributed by atoms with Crippen molar-refractivity contribution in [1.82, 2.24) is 0 Å². The number of hydrogen-bond donors (Lipinski definition) is 0. The van der Waals surface area contributed by atoms with Gasteiger partial charge in [-0.25, -0.2) is 8.42 Å². The van der Waals surface area contributed by atoms with E-state index in [1.54, 1.807) is 11.8 Å². The SMILES string of the molecule is Cc1ccc(N2C(SCc3ccc(Br)cc3)=N[C@@H]3CS(=O)(=O)C[C@@H]32)cc1C. The van der Waals surface area contributed by atoms with Crippen molar-refractivity contribution in [3.05, 3.63) is 63.6 Å². The lowest BCUT2D eigenvalue weighted by molar-refractivity contribution is 0.601. The Kier molecular flexibility index (Phi) is 5.12. The van der Waals surface area contributed by atoms with E-state index in [1.165, 1.54) is 16.7 Å². The number of thioether (sulfide) groups is 1. The number of aliphatic imine (C=N–C) groups is 1. The first-order valence-corrected chi connectivity index (χ1v) is 12.4. The third-order valence-electron chi connectivity index (χ3n) is 5.16. The molecule has 0 unspecified atom stereocenters. The Morgan fingerprint density at radius 2 is 1.85 bits per heavy atom. The Bertz CT molecular complexity index is 1000. The Labute approximate surface area is 173 Å². The highest BCUT2D eigenvalue weighted by Gasteiger charge is 2.47. The van der Waals surface area contributed by atoms with Gasteiger partial charge in [0.2, 0.25) is 0 Å². The molecule has 2 heterocycles. The van der Waals surface area contributed by atoms with Crippen LogP contribution < -0.4 is 4.90 Å². The van der Waals surface area contributed by atoms with E-state index in [0.29, 0.717) is 0 Å². The number of amidine groups is 1. The zero-order chi connectivity index (χ0) is 19.2. The smallest absolute Gasteiger partial charge is 0.164 e. The topological polar surface area (TPSA) is 49.7 Å². The van der Waals surface area contributed by atoms with Crippen LogP contribution in [0.25, 0.3) is 0 Å². The quantitative estimate of drug-likeness (QED) is 0.677. The predicted molar refractivity (Wildman–Crippen MR) is 117 cm³/mol. The van der Waals surface area contributed by atoms with Gasteiger partial charge in [0.05, 0.1) is 23.6 Å². The minimum absolute atomic E-state index is 0.0930. The lowest BCUT2D eigenvalue weighted by Gasteiger charge is -2.27. The van der Waals surface area contributed by atoms with Crippen molar-refractivity contribution in [2.24, 2.45) is 4.99 Å². The molecule has 1 saturated heterocycles. The van der Waals surface area contributed by atoms with E-state index in [1.807, 2.05) is 12.1 Å². The van der Waals surface area contributed by atoms with Gasteiger partial charge in [0.15, 0.2) is 15.0 Å². The first kappa shape index (κ1) is 19.0. The van der Waals surface area contributed by atoms with Crippen LogP contribution in [0.3, 0.4) is 0 Å². The second kappa shape index (κ2) is 7.26. The highest BCUT2D eigenvalue weighted by Crippen LogP contribution is 2.36. The summed E-state index contributed by atoms with van der Waals surface area (Å²) in [5.41, 5.74) is 4.68. The molecule has 0 bridgehead atoms. The highest BCUT2D eigenvalue weighted by molar-refractivity contribution is 9.10.